The Kier molecular flexibility index (Phi) is 5.63. The standard InChI is InChI=1S/C17H23FN4O2/c18-13-3-5-15(6-4-13)22-9-7-14(8-10-22)20-21-17(23)19-12-16-2-1-11-24-16/h3-6,16H,1-2,7-12H2,(H2,19,21,23)/t16-/m1/s1. The van der Waals surface area contributed by atoms with E-state index in [1.165, 1.54) is 12.1 Å². The topological polar surface area (TPSA) is 66.0 Å². The molecule has 2 N–H and O–H groups in total. The molecule has 2 amide bonds. The maximum absolute atomic E-state index is 13.0. The molecule has 7 heteroatoms. The van der Waals surface area contributed by atoms with Crippen LogP contribution in [0.5, 0.6) is 0 Å². The van der Waals surface area contributed by atoms with Crippen molar-refractivity contribution >= 4 is 17.4 Å². The van der Waals surface area contributed by atoms with Crippen LogP contribution in [0.15, 0.2) is 29.4 Å². The van der Waals surface area contributed by atoms with E-state index in [0.717, 1.165) is 56.8 Å². The maximum Gasteiger partial charge on any atom is 0.335 e. The molecule has 1 aromatic carbocycles. The number of urea groups is 1. The number of piperidine rings is 1. The van der Waals surface area contributed by atoms with Gasteiger partial charge in [0, 0.05) is 50.5 Å². The zero-order valence-electron chi connectivity index (χ0n) is 13.6. The molecule has 2 aliphatic rings. The average molecular weight is 334 g/mol. The third kappa shape index (κ3) is 4.67. The van der Waals surface area contributed by atoms with Gasteiger partial charge in [-0.2, -0.15) is 5.10 Å². The second-order valence-corrected chi connectivity index (χ2v) is 6.10. The molecule has 0 radical (unpaired) electrons. The normalized spacial score (nSPS) is 20.8. The summed E-state index contributed by atoms with van der Waals surface area (Å²) < 4.78 is 18.4. The first-order valence-electron chi connectivity index (χ1n) is 8.42. The highest BCUT2D eigenvalue weighted by Gasteiger charge is 2.17. The Balaban J connectivity index is 1.39. The number of halogens is 1. The van der Waals surface area contributed by atoms with Crippen LogP contribution in [0, 0.1) is 5.82 Å². The number of benzene rings is 1. The predicted molar refractivity (Wildman–Crippen MR) is 90.8 cm³/mol. The van der Waals surface area contributed by atoms with Crippen LogP contribution in [0.4, 0.5) is 14.9 Å². The van der Waals surface area contributed by atoms with Gasteiger partial charge in [0.05, 0.1) is 6.10 Å². The molecule has 0 aromatic heterocycles. The SMILES string of the molecule is O=C(NC[C@H]1CCCO1)NN=C1CCN(c2ccc(F)cc2)CC1. The molecule has 0 saturated carbocycles. The van der Waals surface area contributed by atoms with Crippen molar-refractivity contribution in [1.29, 1.82) is 0 Å². The summed E-state index contributed by atoms with van der Waals surface area (Å²) in [7, 11) is 0. The van der Waals surface area contributed by atoms with Crippen LogP contribution < -0.4 is 15.6 Å². The Labute approximate surface area is 141 Å². The molecule has 0 bridgehead atoms. The quantitative estimate of drug-likeness (QED) is 0.830. The summed E-state index contributed by atoms with van der Waals surface area (Å²) in [6.07, 6.45) is 3.74. The van der Waals surface area contributed by atoms with E-state index in [-0.39, 0.29) is 18.0 Å². The number of amides is 2. The molecule has 1 atom stereocenters. The van der Waals surface area contributed by atoms with Crippen molar-refractivity contribution < 1.29 is 13.9 Å². The molecule has 0 unspecified atom stereocenters. The van der Waals surface area contributed by atoms with Gasteiger partial charge in [0.15, 0.2) is 0 Å². The number of carbonyl (C=O) groups is 1. The van der Waals surface area contributed by atoms with Gasteiger partial charge in [-0.15, -0.1) is 0 Å². The number of hydrazone groups is 1. The van der Waals surface area contributed by atoms with E-state index in [0.29, 0.717) is 6.54 Å². The zero-order valence-corrected chi connectivity index (χ0v) is 13.6. The molecule has 2 heterocycles. The van der Waals surface area contributed by atoms with Crippen molar-refractivity contribution in [3.05, 3.63) is 30.1 Å². The van der Waals surface area contributed by atoms with E-state index in [2.05, 4.69) is 20.7 Å². The van der Waals surface area contributed by atoms with Gasteiger partial charge in [0.1, 0.15) is 5.82 Å². The summed E-state index contributed by atoms with van der Waals surface area (Å²) in [6, 6.07) is 6.22. The average Bonchev–Trinajstić information content (AvgIpc) is 3.13. The molecule has 0 aliphatic carbocycles. The van der Waals surface area contributed by atoms with Crippen molar-refractivity contribution in [1.82, 2.24) is 10.7 Å². The number of hydrogen-bond acceptors (Lipinski definition) is 4. The minimum Gasteiger partial charge on any atom is -0.376 e. The Bertz CT molecular complexity index is 575. The predicted octanol–water partition coefficient (Wildman–Crippen LogP) is 2.26. The van der Waals surface area contributed by atoms with E-state index in [1.54, 1.807) is 12.1 Å². The molecule has 2 aliphatic heterocycles. The number of nitrogens with zero attached hydrogens (tertiary/aromatic N) is 2. The van der Waals surface area contributed by atoms with E-state index in [1.807, 2.05) is 0 Å². The van der Waals surface area contributed by atoms with Crippen LogP contribution in [-0.4, -0.2) is 44.1 Å². The molecule has 6 nitrogen and oxygen atoms in total. The van der Waals surface area contributed by atoms with Crippen LogP contribution in [0.2, 0.25) is 0 Å². The number of ether oxygens (including phenoxy) is 1. The Morgan fingerprint density at radius 3 is 2.71 bits per heavy atom. The van der Waals surface area contributed by atoms with Gasteiger partial charge in [-0.25, -0.2) is 14.6 Å². The van der Waals surface area contributed by atoms with Gasteiger partial charge in [-0.1, -0.05) is 0 Å². The second kappa shape index (κ2) is 8.10. The first-order chi connectivity index (χ1) is 11.7. The van der Waals surface area contributed by atoms with Crippen molar-refractivity contribution in [3.63, 3.8) is 0 Å². The monoisotopic (exact) mass is 334 g/mol. The summed E-state index contributed by atoms with van der Waals surface area (Å²) >= 11 is 0. The molecule has 1 aromatic rings. The third-order valence-electron chi connectivity index (χ3n) is 4.36. The van der Waals surface area contributed by atoms with Gasteiger partial charge >= 0.3 is 6.03 Å². The number of hydrogen-bond donors (Lipinski definition) is 2. The van der Waals surface area contributed by atoms with Crippen LogP contribution in [0.1, 0.15) is 25.7 Å². The highest BCUT2D eigenvalue weighted by Crippen LogP contribution is 2.19. The summed E-state index contributed by atoms with van der Waals surface area (Å²) in [4.78, 5) is 13.9. The number of rotatable bonds is 4. The van der Waals surface area contributed by atoms with E-state index in [4.69, 9.17) is 4.74 Å². The fourth-order valence-electron chi connectivity index (χ4n) is 2.97. The van der Waals surface area contributed by atoms with Crippen molar-refractivity contribution in [2.75, 3.05) is 31.1 Å². The number of nitrogens with one attached hydrogen (secondary N) is 2. The van der Waals surface area contributed by atoms with Gasteiger partial charge < -0.3 is 15.0 Å². The minimum atomic E-state index is -0.293. The minimum absolute atomic E-state index is 0.127. The lowest BCUT2D eigenvalue weighted by Crippen LogP contribution is -2.39. The lowest BCUT2D eigenvalue weighted by molar-refractivity contribution is 0.111. The molecule has 0 spiro atoms. The smallest absolute Gasteiger partial charge is 0.335 e. The summed E-state index contributed by atoms with van der Waals surface area (Å²) in [6.45, 7) is 2.92. The van der Waals surface area contributed by atoms with E-state index < -0.39 is 0 Å². The van der Waals surface area contributed by atoms with Gasteiger partial charge in [0.25, 0.3) is 0 Å². The van der Waals surface area contributed by atoms with Gasteiger partial charge in [-0.3, -0.25) is 0 Å². The van der Waals surface area contributed by atoms with Crippen LogP contribution >= 0.6 is 0 Å². The highest BCUT2D eigenvalue weighted by atomic mass is 19.1. The fourth-order valence-corrected chi connectivity index (χ4v) is 2.97. The first-order valence-corrected chi connectivity index (χ1v) is 8.42. The largest absolute Gasteiger partial charge is 0.376 e. The summed E-state index contributed by atoms with van der Waals surface area (Å²) in [5.74, 6) is -0.226. The molecular weight excluding hydrogens is 311 g/mol. The molecule has 130 valence electrons. The second-order valence-electron chi connectivity index (χ2n) is 6.10. The molecule has 2 fully saturated rings. The Hall–Kier alpha value is -2.15. The summed E-state index contributed by atoms with van der Waals surface area (Å²) in [5.41, 5.74) is 4.54. The number of carbonyl (C=O) groups excluding carboxylic acids is 1. The van der Waals surface area contributed by atoms with Crippen LogP contribution in [0.3, 0.4) is 0 Å². The van der Waals surface area contributed by atoms with Crippen LogP contribution in [0.25, 0.3) is 0 Å². The van der Waals surface area contributed by atoms with Crippen molar-refractivity contribution in [2.24, 2.45) is 5.10 Å². The molecule has 24 heavy (non-hydrogen) atoms. The van der Waals surface area contributed by atoms with Crippen molar-refractivity contribution in [2.45, 2.75) is 31.8 Å². The van der Waals surface area contributed by atoms with Crippen molar-refractivity contribution in [3.8, 4) is 0 Å². The third-order valence-corrected chi connectivity index (χ3v) is 4.36. The molecular formula is C17H23FN4O2. The molecule has 3 rings (SSSR count). The lowest BCUT2D eigenvalue weighted by Gasteiger charge is -2.29. The highest BCUT2D eigenvalue weighted by molar-refractivity contribution is 5.88. The van der Waals surface area contributed by atoms with Gasteiger partial charge in [0.2, 0.25) is 0 Å². The Morgan fingerprint density at radius 2 is 2.04 bits per heavy atom. The lowest BCUT2D eigenvalue weighted by atomic mass is 10.1. The van der Waals surface area contributed by atoms with E-state index >= 15 is 0 Å². The maximum atomic E-state index is 13.0. The number of anilines is 1. The van der Waals surface area contributed by atoms with E-state index in [9.17, 15) is 9.18 Å². The van der Waals surface area contributed by atoms with Gasteiger partial charge in [-0.05, 0) is 37.1 Å². The zero-order chi connectivity index (χ0) is 16.8. The first kappa shape index (κ1) is 16.7. The Morgan fingerprint density at radius 1 is 1.29 bits per heavy atom. The fraction of sp³-hybridized carbons (Fsp3) is 0.529. The van der Waals surface area contributed by atoms with Crippen LogP contribution in [-0.2, 0) is 4.74 Å². The molecule has 2 saturated heterocycles. The summed E-state index contributed by atoms with van der Waals surface area (Å²) in [5, 5.41) is 6.97.